The first kappa shape index (κ1) is 12.4. The fourth-order valence-corrected chi connectivity index (χ4v) is 3.52. The van der Waals surface area contributed by atoms with Gasteiger partial charge in [-0.3, -0.25) is 0 Å². The molecule has 1 aliphatic rings. The number of aryl methyl sites for hydroxylation is 2. The minimum atomic E-state index is 0.619. The van der Waals surface area contributed by atoms with E-state index < -0.39 is 0 Å². The van der Waals surface area contributed by atoms with Crippen LogP contribution in [0, 0.1) is 0 Å². The Morgan fingerprint density at radius 1 is 1.32 bits per heavy atom. The van der Waals surface area contributed by atoms with E-state index in [0.717, 1.165) is 12.4 Å². The van der Waals surface area contributed by atoms with Crippen LogP contribution in [-0.4, -0.2) is 16.6 Å². The maximum atomic E-state index is 5.36. The van der Waals surface area contributed by atoms with Gasteiger partial charge >= 0.3 is 0 Å². The van der Waals surface area contributed by atoms with Crippen LogP contribution in [0.15, 0.2) is 18.5 Å². The van der Waals surface area contributed by atoms with Gasteiger partial charge in [-0.05, 0) is 37.8 Å². The van der Waals surface area contributed by atoms with Crippen LogP contribution in [0.3, 0.4) is 0 Å². The molecular weight excluding hydrogens is 258 g/mol. The second kappa shape index (κ2) is 5.57. The van der Waals surface area contributed by atoms with Crippen molar-refractivity contribution in [2.24, 2.45) is 0 Å². The van der Waals surface area contributed by atoms with Crippen LogP contribution < -0.4 is 10.1 Å². The Hall–Kier alpha value is -1.62. The van der Waals surface area contributed by atoms with Crippen LogP contribution in [0.25, 0.3) is 0 Å². The van der Waals surface area contributed by atoms with Crippen molar-refractivity contribution in [2.45, 2.75) is 32.7 Å². The number of nitrogens with zero attached hydrogens (tertiary/aromatic N) is 2. The average Bonchev–Trinajstić information content (AvgIpc) is 2.98. The number of aromatic nitrogens is 2. The van der Waals surface area contributed by atoms with Crippen molar-refractivity contribution in [2.75, 3.05) is 11.9 Å². The molecule has 1 aliphatic carbocycles. The SMILES string of the molecule is CCOc1cc(NCc2cc3c(s2)CCC3)ncn1. The van der Waals surface area contributed by atoms with Crippen LogP contribution in [-0.2, 0) is 19.4 Å². The lowest BCUT2D eigenvalue weighted by Crippen LogP contribution is -2.02. The summed E-state index contributed by atoms with van der Waals surface area (Å²) in [4.78, 5) is 11.2. The maximum Gasteiger partial charge on any atom is 0.218 e. The van der Waals surface area contributed by atoms with E-state index in [1.165, 1.54) is 30.5 Å². The lowest BCUT2D eigenvalue weighted by molar-refractivity contribution is 0.326. The van der Waals surface area contributed by atoms with Gasteiger partial charge in [-0.15, -0.1) is 11.3 Å². The summed E-state index contributed by atoms with van der Waals surface area (Å²) in [6.07, 6.45) is 5.34. The van der Waals surface area contributed by atoms with Crippen molar-refractivity contribution in [3.63, 3.8) is 0 Å². The van der Waals surface area contributed by atoms with Gasteiger partial charge < -0.3 is 10.1 Å². The van der Waals surface area contributed by atoms with E-state index >= 15 is 0 Å². The van der Waals surface area contributed by atoms with E-state index in [2.05, 4.69) is 21.4 Å². The standard InChI is InChI=1S/C14H17N3OS/c1-2-18-14-7-13(16-9-17-14)15-8-11-6-10-4-3-5-12(10)19-11/h6-7,9H,2-5,8H2,1H3,(H,15,16,17). The summed E-state index contributed by atoms with van der Waals surface area (Å²) < 4.78 is 5.36. The molecule has 1 N–H and O–H groups in total. The molecule has 0 fully saturated rings. The van der Waals surface area contributed by atoms with Gasteiger partial charge in [0.2, 0.25) is 5.88 Å². The topological polar surface area (TPSA) is 47.0 Å². The Morgan fingerprint density at radius 3 is 3.11 bits per heavy atom. The van der Waals surface area contributed by atoms with Crippen LogP contribution >= 0.6 is 11.3 Å². The first-order chi connectivity index (χ1) is 9.35. The fourth-order valence-electron chi connectivity index (χ4n) is 2.32. The van der Waals surface area contributed by atoms with Crippen molar-refractivity contribution in [1.82, 2.24) is 9.97 Å². The number of ether oxygens (including phenoxy) is 1. The number of thiophene rings is 1. The van der Waals surface area contributed by atoms with Gasteiger partial charge in [0.1, 0.15) is 12.1 Å². The van der Waals surface area contributed by atoms with E-state index in [4.69, 9.17) is 4.74 Å². The molecule has 19 heavy (non-hydrogen) atoms. The Labute approximate surface area is 116 Å². The molecule has 100 valence electrons. The smallest absolute Gasteiger partial charge is 0.218 e. The molecule has 0 amide bonds. The Balaban J connectivity index is 1.63. The summed E-state index contributed by atoms with van der Waals surface area (Å²) in [6.45, 7) is 3.39. The van der Waals surface area contributed by atoms with Gasteiger partial charge in [-0.2, -0.15) is 0 Å². The summed E-state index contributed by atoms with van der Waals surface area (Å²) in [5.74, 6) is 1.43. The quantitative estimate of drug-likeness (QED) is 0.911. The number of fused-ring (bicyclic) bond motifs is 1. The third-order valence-electron chi connectivity index (χ3n) is 3.18. The molecule has 0 radical (unpaired) electrons. The van der Waals surface area contributed by atoms with E-state index in [0.29, 0.717) is 12.5 Å². The van der Waals surface area contributed by atoms with Crippen molar-refractivity contribution >= 4 is 17.2 Å². The first-order valence-electron chi connectivity index (χ1n) is 6.64. The largest absolute Gasteiger partial charge is 0.478 e. The van der Waals surface area contributed by atoms with Gasteiger partial charge in [0, 0.05) is 15.8 Å². The molecule has 0 saturated carbocycles. The second-order valence-corrected chi connectivity index (χ2v) is 5.76. The summed E-state index contributed by atoms with van der Waals surface area (Å²) in [5.41, 5.74) is 1.54. The summed E-state index contributed by atoms with van der Waals surface area (Å²) >= 11 is 1.92. The van der Waals surface area contributed by atoms with Crippen molar-refractivity contribution in [3.05, 3.63) is 33.8 Å². The molecule has 0 spiro atoms. The number of nitrogens with one attached hydrogen (secondary N) is 1. The van der Waals surface area contributed by atoms with Crippen molar-refractivity contribution in [1.29, 1.82) is 0 Å². The Morgan fingerprint density at radius 2 is 2.26 bits per heavy atom. The molecule has 0 aromatic carbocycles. The van der Waals surface area contributed by atoms with Gasteiger partial charge in [-0.1, -0.05) is 0 Å². The lowest BCUT2D eigenvalue weighted by Gasteiger charge is -2.06. The third-order valence-corrected chi connectivity index (χ3v) is 4.41. The van der Waals surface area contributed by atoms with Gasteiger partial charge in [0.15, 0.2) is 0 Å². The Kier molecular flexibility index (Phi) is 3.64. The van der Waals surface area contributed by atoms with Gasteiger partial charge in [-0.25, -0.2) is 9.97 Å². The van der Waals surface area contributed by atoms with Gasteiger partial charge in [0.25, 0.3) is 0 Å². The van der Waals surface area contributed by atoms with E-state index in [9.17, 15) is 0 Å². The molecule has 0 aliphatic heterocycles. The molecule has 2 heterocycles. The first-order valence-corrected chi connectivity index (χ1v) is 7.46. The second-order valence-electron chi connectivity index (χ2n) is 4.54. The molecular formula is C14H17N3OS. The fraction of sp³-hybridized carbons (Fsp3) is 0.429. The van der Waals surface area contributed by atoms with E-state index in [-0.39, 0.29) is 0 Å². The highest BCUT2D eigenvalue weighted by molar-refractivity contribution is 7.12. The lowest BCUT2D eigenvalue weighted by atomic mass is 10.2. The predicted octanol–water partition coefficient (Wildman–Crippen LogP) is 3.04. The number of hydrogen-bond acceptors (Lipinski definition) is 5. The molecule has 0 unspecified atom stereocenters. The maximum absolute atomic E-state index is 5.36. The van der Waals surface area contributed by atoms with Crippen LogP contribution in [0.1, 0.15) is 28.7 Å². The highest BCUT2D eigenvalue weighted by Gasteiger charge is 2.14. The van der Waals surface area contributed by atoms with Crippen LogP contribution in [0.5, 0.6) is 5.88 Å². The van der Waals surface area contributed by atoms with Crippen molar-refractivity contribution in [3.8, 4) is 5.88 Å². The highest BCUT2D eigenvalue weighted by atomic mass is 32.1. The molecule has 0 atom stereocenters. The number of hydrogen-bond donors (Lipinski definition) is 1. The molecule has 0 saturated heterocycles. The minimum absolute atomic E-state index is 0.619. The summed E-state index contributed by atoms with van der Waals surface area (Å²) in [6, 6.07) is 4.16. The molecule has 2 aromatic heterocycles. The van der Waals surface area contributed by atoms with Gasteiger partial charge in [0.05, 0.1) is 13.2 Å². The molecule has 3 rings (SSSR count). The molecule has 4 nitrogen and oxygen atoms in total. The zero-order chi connectivity index (χ0) is 13.1. The summed E-state index contributed by atoms with van der Waals surface area (Å²) in [7, 11) is 0. The average molecular weight is 275 g/mol. The molecule has 2 aromatic rings. The molecule has 5 heteroatoms. The number of rotatable bonds is 5. The van der Waals surface area contributed by atoms with Crippen LogP contribution in [0.4, 0.5) is 5.82 Å². The number of anilines is 1. The monoisotopic (exact) mass is 275 g/mol. The minimum Gasteiger partial charge on any atom is -0.478 e. The summed E-state index contributed by atoms with van der Waals surface area (Å²) in [5, 5.41) is 3.33. The zero-order valence-corrected chi connectivity index (χ0v) is 11.8. The predicted molar refractivity (Wildman–Crippen MR) is 76.9 cm³/mol. The zero-order valence-electron chi connectivity index (χ0n) is 11.0. The normalized spacial score (nSPS) is 13.3. The molecule has 0 bridgehead atoms. The van der Waals surface area contributed by atoms with Crippen LogP contribution in [0.2, 0.25) is 0 Å². The highest BCUT2D eigenvalue weighted by Crippen LogP contribution is 2.30. The van der Waals surface area contributed by atoms with Crippen molar-refractivity contribution < 1.29 is 4.74 Å². The Bertz CT molecular complexity index is 546. The third kappa shape index (κ3) is 2.87. The van der Waals surface area contributed by atoms with E-state index in [1.54, 1.807) is 10.4 Å². The van der Waals surface area contributed by atoms with E-state index in [1.807, 2.05) is 24.3 Å².